The molecular weight excluding hydrogens is 320 g/mol. The maximum Gasteiger partial charge on any atom is 0.343 e. The lowest BCUT2D eigenvalue weighted by Gasteiger charge is -2.19. The van der Waals surface area contributed by atoms with E-state index in [1.807, 2.05) is 18.2 Å². The van der Waals surface area contributed by atoms with Gasteiger partial charge in [0.1, 0.15) is 0 Å². The average Bonchev–Trinajstić information content (AvgIpc) is 2.97. The van der Waals surface area contributed by atoms with E-state index >= 15 is 0 Å². The molecule has 116 valence electrons. The molecule has 0 fully saturated rings. The van der Waals surface area contributed by atoms with E-state index in [0.717, 1.165) is 4.91 Å². The molecule has 0 aromatic carbocycles. The lowest BCUT2D eigenvalue weighted by atomic mass is 9.98. The van der Waals surface area contributed by atoms with Crippen molar-refractivity contribution >= 4 is 35.6 Å². The summed E-state index contributed by atoms with van der Waals surface area (Å²) in [6, 6.07) is 0. The Bertz CT molecular complexity index is 810. The van der Waals surface area contributed by atoms with Gasteiger partial charge in [-0.05, 0) is 17.7 Å². The van der Waals surface area contributed by atoms with Gasteiger partial charge in [-0.25, -0.2) is 19.2 Å². The first-order chi connectivity index (χ1) is 11.0. The van der Waals surface area contributed by atoms with Crippen LogP contribution in [-0.4, -0.2) is 29.1 Å². The zero-order valence-corrected chi connectivity index (χ0v) is 12.6. The van der Waals surface area contributed by atoms with Gasteiger partial charge >= 0.3 is 23.9 Å². The fourth-order valence-electron chi connectivity index (χ4n) is 2.97. The van der Waals surface area contributed by atoms with E-state index in [4.69, 9.17) is 0 Å². The van der Waals surface area contributed by atoms with Gasteiger partial charge in [0.15, 0.2) is 0 Å². The van der Waals surface area contributed by atoms with Crippen LogP contribution >= 0.6 is 11.8 Å². The number of esters is 4. The Morgan fingerprint density at radius 1 is 0.870 bits per heavy atom. The molecule has 2 aliphatic carbocycles. The highest BCUT2D eigenvalue weighted by Gasteiger charge is 2.40. The summed E-state index contributed by atoms with van der Waals surface area (Å²) >= 11 is 1.39. The first-order valence-electron chi connectivity index (χ1n) is 7.05. The maximum atomic E-state index is 11.9. The Balaban J connectivity index is 1.56. The molecule has 6 nitrogen and oxygen atoms in total. The summed E-state index contributed by atoms with van der Waals surface area (Å²) < 4.78 is 9.29. The van der Waals surface area contributed by atoms with Crippen molar-refractivity contribution in [3.05, 3.63) is 45.4 Å². The molecule has 0 N–H and O–H groups in total. The van der Waals surface area contributed by atoms with Crippen molar-refractivity contribution in [1.29, 1.82) is 0 Å². The topological polar surface area (TPSA) is 86.7 Å². The second-order valence-electron chi connectivity index (χ2n) is 5.43. The number of cyclic esters (lactones) is 4. The van der Waals surface area contributed by atoms with Crippen LogP contribution in [0.3, 0.4) is 0 Å². The molecule has 7 heteroatoms. The molecule has 23 heavy (non-hydrogen) atoms. The molecule has 4 rings (SSSR count). The molecule has 0 aromatic rings. The van der Waals surface area contributed by atoms with E-state index in [0.29, 0.717) is 41.6 Å². The predicted octanol–water partition coefficient (Wildman–Crippen LogP) is 1.49. The molecule has 4 aliphatic rings. The van der Waals surface area contributed by atoms with Crippen molar-refractivity contribution in [2.45, 2.75) is 24.5 Å². The van der Waals surface area contributed by atoms with Crippen LogP contribution < -0.4 is 0 Å². The molecule has 0 bridgehead atoms. The van der Waals surface area contributed by atoms with E-state index in [1.165, 1.54) is 11.8 Å². The van der Waals surface area contributed by atoms with Crippen LogP contribution in [0.2, 0.25) is 0 Å². The summed E-state index contributed by atoms with van der Waals surface area (Å²) in [5.74, 6) is -2.34. The van der Waals surface area contributed by atoms with Crippen molar-refractivity contribution in [2.24, 2.45) is 0 Å². The zero-order valence-electron chi connectivity index (χ0n) is 11.8. The van der Waals surface area contributed by atoms with Crippen LogP contribution in [0.4, 0.5) is 0 Å². The third kappa shape index (κ3) is 2.19. The van der Waals surface area contributed by atoms with Gasteiger partial charge in [-0.3, -0.25) is 0 Å². The number of carbonyl (C=O) groups is 4. The molecule has 1 unspecified atom stereocenters. The standard InChI is InChI=1S/C16H10O6S/c17-13-8-5-4-7(6-10(8)15(19)21-13)23-11-3-1-2-9-12(11)16(20)22-14(9)18/h1,3-4,11H,2,5-6H2. The Morgan fingerprint density at radius 2 is 1.57 bits per heavy atom. The molecule has 0 aromatic heterocycles. The van der Waals surface area contributed by atoms with Crippen LogP contribution in [0.5, 0.6) is 0 Å². The van der Waals surface area contributed by atoms with Gasteiger partial charge in [-0.1, -0.05) is 18.2 Å². The van der Waals surface area contributed by atoms with Crippen LogP contribution in [0.25, 0.3) is 0 Å². The first-order valence-corrected chi connectivity index (χ1v) is 7.93. The minimum Gasteiger partial charge on any atom is -0.386 e. The van der Waals surface area contributed by atoms with Gasteiger partial charge in [0.25, 0.3) is 0 Å². The number of hydrogen-bond donors (Lipinski definition) is 0. The minimum atomic E-state index is -0.599. The number of carbonyl (C=O) groups excluding carboxylic acids is 4. The fraction of sp³-hybridized carbons (Fsp3) is 0.250. The molecule has 1 atom stereocenters. The van der Waals surface area contributed by atoms with Crippen LogP contribution in [0.15, 0.2) is 45.4 Å². The molecular formula is C16H10O6S. The van der Waals surface area contributed by atoms with Gasteiger partial charge in [-0.15, -0.1) is 11.8 Å². The van der Waals surface area contributed by atoms with Crippen LogP contribution in [0, 0.1) is 0 Å². The van der Waals surface area contributed by atoms with E-state index in [9.17, 15) is 19.2 Å². The molecule has 0 radical (unpaired) electrons. The Kier molecular flexibility index (Phi) is 3.12. The van der Waals surface area contributed by atoms with Gasteiger partial charge < -0.3 is 9.47 Å². The Labute approximate surface area is 134 Å². The first kappa shape index (κ1) is 14.2. The molecule has 0 saturated heterocycles. The lowest BCUT2D eigenvalue weighted by Crippen LogP contribution is -2.15. The predicted molar refractivity (Wildman–Crippen MR) is 78.7 cm³/mol. The molecule has 0 saturated carbocycles. The summed E-state index contributed by atoms with van der Waals surface area (Å²) in [5, 5.41) is -0.320. The molecule has 2 heterocycles. The summed E-state index contributed by atoms with van der Waals surface area (Å²) in [6.07, 6.45) is 6.58. The number of rotatable bonds is 2. The Morgan fingerprint density at radius 3 is 2.39 bits per heavy atom. The molecule has 0 amide bonds. The smallest absolute Gasteiger partial charge is 0.343 e. The second kappa shape index (κ2) is 5.06. The van der Waals surface area contributed by atoms with Crippen LogP contribution in [-0.2, 0) is 28.7 Å². The van der Waals surface area contributed by atoms with Gasteiger partial charge in [0.05, 0.1) is 27.5 Å². The summed E-state index contributed by atoms with van der Waals surface area (Å²) in [6.45, 7) is 0. The average molecular weight is 330 g/mol. The highest BCUT2D eigenvalue weighted by atomic mass is 32.2. The van der Waals surface area contributed by atoms with E-state index in [2.05, 4.69) is 9.47 Å². The van der Waals surface area contributed by atoms with E-state index < -0.39 is 23.9 Å². The van der Waals surface area contributed by atoms with Crippen molar-refractivity contribution < 1.29 is 28.7 Å². The maximum absolute atomic E-state index is 11.9. The number of allylic oxidation sites excluding steroid dienone is 3. The zero-order chi connectivity index (χ0) is 16.1. The van der Waals surface area contributed by atoms with Gasteiger partial charge in [-0.2, -0.15) is 0 Å². The highest BCUT2D eigenvalue weighted by molar-refractivity contribution is 8.04. The normalized spacial score (nSPS) is 26.3. The number of ether oxygens (including phenoxy) is 2. The monoisotopic (exact) mass is 330 g/mol. The van der Waals surface area contributed by atoms with E-state index in [-0.39, 0.29) is 5.25 Å². The highest BCUT2D eigenvalue weighted by Crippen LogP contribution is 2.42. The second-order valence-corrected chi connectivity index (χ2v) is 6.69. The van der Waals surface area contributed by atoms with Crippen molar-refractivity contribution in [3.8, 4) is 0 Å². The van der Waals surface area contributed by atoms with Crippen molar-refractivity contribution in [2.75, 3.05) is 0 Å². The Hall–Kier alpha value is -2.41. The van der Waals surface area contributed by atoms with Crippen molar-refractivity contribution in [1.82, 2.24) is 0 Å². The number of hydrogen-bond acceptors (Lipinski definition) is 7. The molecule has 2 aliphatic heterocycles. The minimum absolute atomic E-state index is 0.306. The lowest BCUT2D eigenvalue weighted by molar-refractivity contribution is -0.152. The summed E-state index contributed by atoms with van der Waals surface area (Å²) in [7, 11) is 0. The quantitative estimate of drug-likeness (QED) is 0.430. The molecule has 0 spiro atoms. The largest absolute Gasteiger partial charge is 0.386 e. The summed E-state index contributed by atoms with van der Waals surface area (Å²) in [4.78, 5) is 47.5. The van der Waals surface area contributed by atoms with Crippen molar-refractivity contribution in [3.63, 3.8) is 0 Å². The van der Waals surface area contributed by atoms with Crippen LogP contribution in [0.1, 0.15) is 19.3 Å². The summed E-state index contributed by atoms with van der Waals surface area (Å²) in [5.41, 5.74) is 1.59. The fourth-order valence-corrected chi connectivity index (χ4v) is 4.25. The van der Waals surface area contributed by atoms with Gasteiger partial charge in [0.2, 0.25) is 0 Å². The third-order valence-corrected chi connectivity index (χ3v) is 5.36. The number of thioether (sulfide) groups is 1. The van der Waals surface area contributed by atoms with Gasteiger partial charge in [0, 0.05) is 6.42 Å². The SMILES string of the molecule is O=C1OC(=O)C2=C1CC=C(SC1C=CCC3=C1C(=O)OC3=O)C2. The van der Waals surface area contributed by atoms with E-state index in [1.54, 1.807) is 0 Å². The third-order valence-electron chi connectivity index (χ3n) is 4.10.